The molecule has 0 bridgehead atoms. The number of nitrogens with zero attached hydrogens (tertiary/aromatic N) is 1. The highest BCUT2D eigenvalue weighted by Gasteiger charge is 2.26. The van der Waals surface area contributed by atoms with Crippen molar-refractivity contribution in [3.05, 3.63) is 58.5 Å². The molecule has 2 aliphatic heterocycles. The van der Waals surface area contributed by atoms with Crippen molar-refractivity contribution in [2.24, 2.45) is 0 Å². The summed E-state index contributed by atoms with van der Waals surface area (Å²) in [7, 11) is 2.09. The highest BCUT2D eigenvalue weighted by atomic mass is 35.5. The fraction of sp³-hybridized carbons (Fsp3) is 0.400. The van der Waals surface area contributed by atoms with Gasteiger partial charge in [0.1, 0.15) is 17.3 Å². The third-order valence-corrected chi connectivity index (χ3v) is 6.77. The van der Waals surface area contributed by atoms with Crippen LogP contribution in [0, 0.1) is 11.2 Å². The van der Waals surface area contributed by atoms with E-state index >= 15 is 0 Å². The zero-order valence-corrected chi connectivity index (χ0v) is 19.3. The first-order chi connectivity index (χ1) is 15.5. The van der Waals surface area contributed by atoms with E-state index in [0.717, 1.165) is 61.2 Å². The van der Waals surface area contributed by atoms with E-state index in [1.54, 1.807) is 6.07 Å². The number of hydrogen-bond donors (Lipinski definition) is 3. The number of anilines is 1. The predicted molar refractivity (Wildman–Crippen MR) is 130 cm³/mol. The van der Waals surface area contributed by atoms with Crippen LogP contribution in [0.1, 0.15) is 37.3 Å². The molecule has 1 unspecified atom stereocenters. The van der Waals surface area contributed by atoms with E-state index in [-0.39, 0.29) is 5.02 Å². The van der Waals surface area contributed by atoms with Crippen LogP contribution in [0.25, 0.3) is 5.57 Å². The number of benzene rings is 2. The molecule has 0 saturated carbocycles. The van der Waals surface area contributed by atoms with Gasteiger partial charge in [-0.1, -0.05) is 11.6 Å². The van der Waals surface area contributed by atoms with Crippen LogP contribution in [0.2, 0.25) is 5.02 Å². The average molecular weight is 457 g/mol. The van der Waals surface area contributed by atoms with Crippen LogP contribution in [0.15, 0.2) is 36.5 Å². The summed E-state index contributed by atoms with van der Waals surface area (Å²) in [6, 6.07) is 9.32. The van der Waals surface area contributed by atoms with Gasteiger partial charge >= 0.3 is 0 Å². The van der Waals surface area contributed by atoms with E-state index in [1.165, 1.54) is 18.3 Å². The van der Waals surface area contributed by atoms with Crippen LogP contribution < -0.4 is 20.3 Å². The first-order valence-corrected chi connectivity index (χ1v) is 11.5. The van der Waals surface area contributed by atoms with Crippen molar-refractivity contribution in [2.75, 3.05) is 25.0 Å². The Balaban J connectivity index is 1.74. The Labute approximate surface area is 194 Å². The molecule has 0 aromatic heterocycles. The summed E-state index contributed by atoms with van der Waals surface area (Å²) in [5, 5.41) is 15.0. The maximum absolute atomic E-state index is 13.7. The summed E-state index contributed by atoms with van der Waals surface area (Å²) >= 11 is 6.01. The molecule has 7 heteroatoms. The number of rotatable bonds is 6. The van der Waals surface area contributed by atoms with E-state index < -0.39 is 5.82 Å². The molecular weight excluding hydrogens is 427 g/mol. The second-order valence-electron chi connectivity index (χ2n) is 8.55. The molecule has 32 heavy (non-hydrogen) atoms. The first kappa shape index (κ1) is 22.6. The average Bonchev–Trinajstić information content (AvgIpc) is 2.80. The van der Waals surface area contributed by atoms with Crippen molar-refractivity contribution in [3.63, 3.8) is 0 Å². The van der Waals surface area contributed by atoms with Crippen molar-refractivity contribution >= 4 is 29.1 Å². The molecule has 2 heterocycles. The quantitative estimate of drug-likeness (QED) is 0.511. The van der Waals surface area contributed by atoms with Gasteiger partial charge in [-0.3, -0.25) is 0 Å². The minimum absolute atomic E-state index is 0.0231. The standard InChI is InChI=1S/C25H30ClFN4O/c1-16-3-5-21-24(31(16)2)8-6-20(17(14-28)15-30-18-9-11-29-12-10-18)25(21)32-19-4-7-23(27)22(26)13-19/h4,6-8,13-16,18,28-30H,3,5,9-12H2,1-2H3/b17-15+,28-14?. The van der Waals surface area contributed by atoms with Crippen molar-refractivity contribution < 1.29 is 9.13 Å². The van der Waals surface area contributed by atoms with Crippen LogP contribution in [0.4, 0.5) is 10.1 Å². The summed E-state index contributed by atoms with van der Waals surface area (Å²) in [5.41, 5.74) is 3.80. The van der Waals surface area contributed by atoms with Gasteiger partial charge in [0.25, 0.3) is 0 Å². The monoisotopic (exact) mass is 456 g/mol. The molecule has 1 saturated heterocycles. The normalized spacial score (nSPS) is 19.4. The number of piperidine rings is 1. The fourth-order valence-corrected chi connectivity index (χ4v) is 4.54. The molecule has 0 amide bonds. The predicted octanol–water partition coefficient (Wildman–Crippen LogP) is 5.37. The Bertz CT molecular complexity index is 1020. The van der Waals surface area contributed by atoms with Crippen LogP contribution >= 0.6 is 11.6 Å². The molecule has 2 aromatic rings. The fourth-order valence-electron chi connectivity index (χ4n) is 4.37. The third kappa shape index (κ3) is 4.76. The van der Waals surface area contributed by atoms with Gasteiger partial charge in [0.15, 0.2) is 0 Å². The highest BCUT2D eigenvalue weighted by Crippen LogP contribution is 2.42. The molecule has 170 valence electrons. The van der Waals surface area contributed by atoms with Crippen LogP contribution in [0.5, 0.6) is 11.5 Å². The third-order valence-electron chi connectivity index (χ3n) is 6.48. The van der Waals surface area contributed by atoms with Gasteiger partial charge in [-0.05, 0) is 70.0 Å². The molecule has 0 aliphatic carbocycles. The zero-order chi connectivity index (χ0) is 22.7. The smallest absolute Gasteiger partial charge is 0.142 e. The Kier molecular flexibility index (Phi) is 7.01. The Morgan fingerprint density at radius 1 is 1.25 bits per heavy atom. The number of ether oxygens (including phenoxy) is 1. The molecule has 5 nitrogen and oxygen atoms in total. The summed E-state index contributed by atoms with van der Waals surface area (Å²) in [4.78, 5) is 2.26. The number of hydrogen-bond acceptors (Lipinski definition) is 5. The van der Waals surface area contributed by atoms with E-state index in [9.17, 15) is 4.39 Å². The van der Waals surface area contributed by atoms with Gasteiger partial charge in [0, 0.05) is 60.0 Å². The van der Waals surface area contributed by atoms with Gasteiger partial charge in [-0.15, -0.1) is 0 Å². The van der Waals surface area contributed by atoms with Crippen molar-refractivity contribution in [2.45, 2.75) is 44.7 Å². The lowest BCUT2D eigenvalue weighted by Crippen LogP contribution is -2.37. The summed E-state index contributed by atoms with van der Waals surface area (Å²) < 4.78 is 20.0. The molecule has 3 N–H and O–H groups in total. The topological polar surface area (TPSA) is 60.4 Å². The van der Waals surface area contributed by atoms with Crippen molar-refractivity contribution in [1.29, 1.82) is 5.41 Å². The first-order valence-electron chi connectivity index (χ1n) is 11.2. The minimum atomic E-state index is -0.478. The highest BCUT2D eigenvalue weighted by molar-refractivity contribution is 6.30. The molecule has 1 atom stereocenters. The van der Waals surface area contributed by atoms with E-state index in [0.29, 0.717) is 23.6 Å². The number of fused-ring (bicyclic) bond motifs is 1. The molecule has 1 fully saturated rings. The van der Waals surface area contributed by atoms with E-state index in [4.69, 9.17) is 21.7 Å². The molecule has 2 aliphatic rings. The lowest BCUT2D eigenvalue weighted by molar-refractivity contribution is 0.420. The Morgan fingerprint density at radius 3 is 2.75 bits per heavy atom. The molecule has 4 rings (SSSR count). The van der Waals surface area contributed by atoms with Gasteiger partial charge in [-0.2, -0.15) is 0 Å². The van der Waals surface area contributed by atoms with Crippen LogP contribution in [-0.2, 0) is 6.42 Å². The van der Waals surface area contributed by atoms with Crippen LogP contribution in [0.3, 0.4) is 0 Å². The van der Waals surface area contributed by atoms with Gasteiger partial charge < -0.3 is 25.7 Å². The van der Waals surface area contributed by atoms with Crippen molar-refractivity contribution in [3.8, 4) is 11.5 Å². The SMILES string of the molecule is CC1CCc2c(ccc(/C(C=N)=C/NC3CCNCC3)c2Oc2ccc(F)c(Cl)c2)N1C. The second kappa shape index (κ2) is 9.92. The lowest BCUT2D eigenvalue weighted by Gasteiger charge is -2.35. The summed E-state index contributed by atoms with van der Waals surface area (Å²) in [6.07, 6.45) is 7.24. The van der Waals surface area contributed by atoms with Crippen LogP contribution in [-0.4, -0.2) is 38.4 Å². The maximum atomic E-state index is 13.7. The largest absolute Gasteiger partial charge is 0.456 e. The van der Waals surface area contributed by atoms with E-state index in [1.807, 2.05) is 12.3 Å². The molecule has 0 radical (unpaired) electrons. The minimum Gasteiger partial charge on any atom is -0.456 e. The Hall–Kier alpha value is -2.57. The second-order valence-corrected chi connectivity index (χ2v) is 8.96. The van der Waals surface area contributed by atoms with Gasteiger partial charge in [0.05, 0.1) is 5.02 Å². The van der Waals surface area contributed by atoms with E-state index in [2.05, 4.69) is 35.6 Å². The van der Waals surface area contributed by atoms with Gasteiger partial charge in [0.2, 0.25) is 0 Å². The molecule has 0 spiro atoms. The summed E-state index contributed by atoms with van der Waals surface area (Å²) in [6.45, 7) is 4.20. The number of nitrogens with one attached hydrogen (secondary N) is 3. The molecule has 2 aromatic carbocycles. The number of halogens is 2. The molecular formula is C25H30ClFN4O. The van der Waals surface area contributed by atoms with Gasteiger partial charge in [-0.25, -0.2) is 4.39 Å². The Morgan fingerprint density at radius 2 is 2.03 bits per heavy atom. The lowest BCUT2D eigenvalue weighted by atomic mass is 9.92. The zero-order valence-electron chi connectivity index (χ0n) is 18.6. The van der Waals surface area contributed by atoms with Crippen molar-refractivity contribution in [1.82, 2.24) is 10.6 Å². The number of allylic oxidation sites excluding steroid dienone is 1. The summed E-state index contributed by atoms with van der Waals surface area (Å²) in [5.74, 6) is 0.697. The maximum Gasteiger partial charge on any atom is 0.142 e.